The van der Waals surface area contributed by atoms with Crippen molar-refractivity contribution in [1.29, 1.82) is 0 Å². The number of rotatable bonds is 3. The summed E-state index contributed by atoms with van der Waals surface area (Å²) in [4.78, 5) is 22.0. The third-order valence-corrected chi connectivity index (χ3v) is 2.87. The lowest BCUT2D eigenvalue weighted by Gasteiger charge is -2.08. The number of benzene rings is 2. The monoisotopic (exact) mass is 292 g/mol. The molecular weight excluding hydrogens is 284 g/mol. The number of para-hydroxylation sites is 2. The summed E-state index contributed by atoms with van der Waals surface area (Å²) in [6.07, 6.45) is 0. The van der Waals surface area contributed by atoms with E-state index in [4.69, 9.17) is 11.6 Å². The highest BCUT2D eigenvalue weighted by Gasteiger charge is 2.15. The molecule has 0 bridgehead atoms. The summed E-state index contributed by atoms with van der Waals surface area (Å²) in [6.45, 7) is 0. The Kier molecular flexibility index (Phi) is 3.86. The molecule has 0 heterocycles. The zero-order valence-electron chi connectivity index (χ0n) is 10.0. The summed E-state index contributed by atoms with van der Waals surface area (Å²) in [5.41, 5.74) is 0.113. The number of nitro benzene ring substituents is 1. The Bertz CT molecular complexity index is 688. The van der Waals surface area contributed by atoms with E-state index in [2.05, 4.69) is 5.32 Å². The van der Waals surface area contributed by atoms with Crippen LogP contribution < -0.4 is 5.32 Å². The molecule has 0 radical (unpaired) electrons. The minimum Gasteiger partial charge on any atom is -0.506 e. The highest BCUT2D eigenvalue weighted by Crippen LogP contribution is 2.26. The molecule has 0 unspecified atom stereocenters. The first-order chi connectivity index (χ1) is 9.49. The fourth-order valence-corrected chi connectivity index (χ4v) is 1.83. The Hall–Kier alpha value is -2.60. The number of carbonyl (C=O) groups excluding carboxylic acids is 1. The molecule has 0 spiro atoms. The molecule has 2 rings (SSSR count). The van der Waals surface area contributed by atoms with Gasteiger partial charge < -0.3 is 10.4 Å². The van der Waals surface area contributed by atoms with Crippen molar-refractivity contribution in [2.75, 3.05) is 5.32 Å². The van der Waals surface area contributed by atoms with Gasteiger partial charge in [0.2, 0.25) is 0 Å². The number of anilines is 1. The Morgan fingerprint density at radius 3 is 2.55 bits per heavy atom. The molecule has 0 aliphatic rings. The van der Waals surface area contributed by atoms with Gasteiger partial charge in [-0.15, -0.1) is 0 Å². The Balaban J connectivity index is 2.26. The van der Waals surface area contributed by atoms with Crippen molar-refractivity contribution in [3.8, 4) is 5.75 Å². The van der Waals surface area contributed by atoms with Gasteiger partial charge in [0.15, 0.2) is 0 Å². The van der Waals surface area contributed by atoms with E-state index < -0.39 is 10.8 Å². The third kappa shape index (κ3) is 2.86. The van der Waals surface area contributed by atoms with Crippen molar-refractivity contribution in [2.24, 2.45) is 0 Å². The van der Waals surface area contributed by atoms with E-state index in [9.17, 15) is 20.0 Å². The number of nitro groups is 1. The van der Waals surface area contributed by atoms with Crippen LogP contribution in [0, 0.1) is 10.1 Å². The second-order valence-electron chi connectivity index (χ2n) is 3.89. The first-order valence-electron chi connectivity index (χ1n) is 5.52. The zero-order chi connectivity index (χ0) is 14.7. The topological polar surface area (TPSA) is 92.5 Å². The van der Waals surface area contributed by atoms with E-state index in [-0.39, 0.29) is 27.7 Å². The smallest absolute Gasteiger partial charge is 0.270 e. The summed E-state index contributed by atoms with van der Waals surface area (Å²) in [6, 6.07) is 9.75. The predicted molar refractivity (Wildman–Crippen MR) is 74.2 cm³/mol. The van der Waals surface area contributed by atoms with E-state index >= 15 is 0 Å². The minimum absolute atomic E-state index is 0.0351. The first-order valence-corrected chi connectivity index (χ1v) is 5.90. The molecule has 2 aromatic carbocycles. The maximum atomic E-state index is 12.0. The second kappa shape index (κ2) is 5.58. The lowest BCUT2D eigenvalue weighted by molar-refractivity contribution is -0.384. The number of non-ortho nitro benzene ring substituents is 1. The Labute approximate surface area is 118 Å². The molecule has 6 nitrogen and oxygen atoms in total. The first kappa shape index (κ1) is 13.8. The van der Waals surface area contributed by atoms with Crippen molar-refractivity contribution in [1.82, 2.24) is 0 Å². The van der Waals surface area contributed by atoms with E-state index in [0.29, 0.717) is 0 Å². The Morgan fingerprint density at radius 1 is 1.25 bits per heavy atom. The van der Waals surface area contributed by atoms with Crippen LogP contribution in [0.15, 0.2) is 42.5 Å². The van der Waals surface area contributed by atoms with Crippen LogP contribution in [0.25, 0.3) is 0 Å². The number of phenols is 1. The van der Waals surface area contributed by atoms with Crippen molar-refractivity contribution < 1.29 is 14.8 Å². The number of carbonyl (C=O) groups is 1. The maximum absolute atomic E-state index is 12.0. The Morgan fingerprint density at radius 2 is 1.95 bits per heavy atom. The van der Waals surface area contributed by atoms with Gasteiger partial charge in [-0.1, -0.05) is 23.7 Å². The summed E-state index contributed by atoms with van der Waals surface area (Å²) < 4.78 is 0. The van der Waals surface area contributed by atoms with Crippen molar-refractivity contribution in [3.63, 3.8) is 0 Å². The lowest BCUT2D eigenvalue weighted by Crippen LogP contribution is -2.12. The molecule has 0 aliphatic heterocycles. The van der Waals surface area contributed by atoms with Gasteiger partial charge >= 0.3 is 0 Å². The van der Waals surface area contributed by atoms with Crippen molar-refractivity contribution in [2.45, 2.75) is 0 Å². The summed E-state index contributed by atoms with van der Waals surface area (Å²) in [5.74, 6) is -0.648. The molecule has 0 aliphatic carbocycles. The molecule has 2 N–H and O–H groups in total. The molecule has 102 valence electrons. The molecule has 2 aromatic rings. The largest absolute Gasteiger partial charge is 0.506 e. The van der Waals surface area contributed by atoms with E-state index in [1.807, 2.05) is 0 Å². The molecule has 0 saturated carbocycles. The molecule has 20 heavy (non-hydrogen) atoms. The number of amides is 1. The number of nitrogens with zero attached hydrogens (tertiary/aromatic N) is 1. The van der Waals surface area contributed by atoms with Crippen LogP contribution in [0.3, 0.4) is 0 Å². The van der Waals surface area contributed by atoms with Crippen LogP contribution >= 0.6 is 11.6 Å². The molecule has 0 aromatic heterocycles. The van der Waals surface area contributed by atoms with Crippen molar-refractivity contribution >= 4 is 28.9 Å². The standard InChI is InChI=1S/C13H9ClN2O4/c14-10-7-8(16(19)20)5-6-9(10)13(18)15-11-3-1-2-4-12(11)17/h1-7,17H,(H,15,18). The molecule has 7 heteroatoms. The fraction of sp³-hybridized carbons (Fsp3) is 0. The van der Waals surface area contributed by atoms with Crippen LogP contribution in [0.2, 0.25) is 5.02 Å². The number of aromatic hydroxyl groups is 1. The molecule has 1 amide bonds. The van der Waals surface area contributed by atoms with Gasteiger partial charge in [-0.3, -0.25) is 14.9 Å². The van der Waals surface area contributed by atoms with E-state index in [0.717, 1.165) is 6.07 Å². The SMILES string of the molecule is O=C(Nc1ccccc1O)c1ccc([N+](=O)[O-])cc1Cl. The fourth-order valence-electron chi connectivity index (χ4n) is 1.57. The molecule has 0 atom stereocenters. The highest BCUT2D eigenvalue weighted by molar-refractivity contribution is 6.34. The number of nitrogens with one attached hydrogen (secondary N) is 1. The number of halogens is 1. The summed E-state index contributed by atoms with van der Waals surface area (Å²) in [5, 5.41) is 22.6. The number of phenolic OH excluding ortho intramolecular Hbond substituents is 1. The minimum atomic E-state index is -0.601. The van der Waals surface area contributed by atoms with Gasteiger partial charge in [0, 0.05) is 12.1 Å². The average molecular weight is 293 g/mol. The van der Waals surface area contributed by atoms with Gasteiger partial charge in [0.25, 0.3) is 11.6 Å². The molecular formula is C13H9ClN2O4. The van der Waals surface area contributed by atoms with Gasteiger partial charge in [-0.25, -0.2) is 0 Å². The third-order valence-electron chi connectivity index (χ3n) is 2.56. The van der Waals surface area contributed by atoms with Gasteiger partial charge in [-0.05, 0) is 18.2 Å². The van der Waals surface area contributed by atoms with Crippen LogP contribution in [0.1, 0.15) is 10.4 Å². The highest BCUT2D eigenvalue weighted by atomic mass is 35.5. The number of hydrogen-bond acceptors (Lipinski definition) is 4. The van der Waals surface area contributed by atoms with Crippen LogP contribution in [0.4, 0.5) is 11.4 Å². The second-order valence-corrected chi connectivity index (χ2v) is 4.30. The molecule has 0 saturated heterocycles. The van der Waals surface area contributed by atoms with Crippen LogP contribution in [-0.2, 0) is 0 Å². The zero-order valence-corrected chi connectivity index (χ0v) is 10.8. The quantitative estimate of drug-likeness (QED) is 0.516. The predicted octanol–water partition coefficient (Wildman–Crippen LogP) is 3.21. The van der Waals surface area contributed by atoms with E-state index in [1.54, 1.807) is 12.1 Å². The van der Waals surface area contributed by atoms with Crippen LogP contribution in [0.5, 0.6) is 5.75 Å². The van der Waals surface area contributed by atoms with Gasteiger partial charge in [0.05, 0.1) is 21.2 Å². The summed E-state index contributed by atoms with van der Waals surface area (Å²) in [7, 11) is 0. The average Bonchev–Trinajstić information content (AvgIpc) is 2.41. The van der Waals surface area contributed by atoms with Gasteiger partial charge in [0.1, 0.15) is 5.75 Å². The van der Waals surface area contributed by atoms with Crippen molar-refractivity contribution in [3.05, 3.63) is 63.2 Å². The maximum Gasteiger partial charge on any atom is 0.270 e. The van der Waals surface area contributed by atoms with E-state index in [1.165, 1.54) is 24.3 Å². The summed E-state index contributed by atoms with van der Waals surface area (Å²) >= 11 is 5.85. The normalized spacial score (nSPS) is 10.1. The number of hydrogen-bond donors (Lipinski definition) is 2. The lowest BCUT2D eigenvalue weighted by atomic mass is 10.2. The van der Waals surface area contributed by atoms with Crippen LogP contribution in [-0.4, -0.2) is 15.9 Å². The molecule has 0 fully saturated rings. The van der Waals surface area contributed by atoms with Gasteiger partial charge in [-0.2, -0.15) is 0 Å².